The molecule has 0 spiro atoms. The molecular weight excluding hydrogens is 492 g/mol. The molecule has 4 rings (SSSR count). The Balaban J connectivity index is 1.41. The minimum atomic E-state index is -3.74. The van der Waals surface area contributed by atoms with Gasteiger partial charge in [-0.2, -0.15) is 0 Å². The normalized spacial score (nSPS) is 10.9. The fourth-order valence-electron chi connectivity index (χ4n) is 3.40. The predicted octanol–water partition coefficient (Wildman–Crippen LogP) is 6.02. The van der Waals surface area contributed by atoms with Gasteiger partial charge in [0.15, 0.2) is 0 Å². The van der Waals surface area contributed by atoms with E-state index in [9.17, 15) is 18.0 Å². The summed E-state index contributed by atoms with van der Waals surface area (Å²) in [5.41, 5.74) is 1.30. The van der Waals surface area contributed by atoms with Crippen LogP contribution in [0.2, 0.25) is 0 Å². The van der Waals surface area contributed by atoms with Gasteiger partial charge in [0.2, 0.25) is 21.7 Å². The van der Waals surface area contributed by atoms with Gasteiger partial charge in [0.05, 0.1) is 9.79 Å². The van der Waals surface area contributed by atoms with Gasteiger partial charge in [0.25, 0.3) is 0 Å². The fourth-order valence-corrected chi connectivity index (χ4v) is 4.66. The van der Waals surface area contributed by atoms with Crippen LogP contribution >= 0.6 is 0 Å². The molecule has 2 N–H and O–H groups in total. The molecule has 0 aliphatic rings. The van der Waals surface area contributed by atoms with Crippen molar-refractivity contribution in [3.05, 3.63) is 97.1 Å². The molecule has 0 radical (unpaired) electrons. The Bertz CT molecular complexity index is 1390. The van der Waals surface area contributed by atoms with E-state index >= 15 is 0 Å². The molecule has 0 saturated heterocycles. The number of carbonyl (C=O) groups is 2. The molecule has 0 bridgehead atoms. The highest BCUT2D eigenvalue weighted by Gasteiger charge is 2.18. The van der Waals surface area contributed by atoms with E-state index in [2.05, 4.69) is 10.6 Å². The summed E-state index contributed by atoms with van der Waals surface area (Å²) >= 11 is 0. The molecule has 0 unspecified atom stereocenters. The van der Waals surface area contributed by atoms with Gasteiger partial charge in [0.1, 0.15) is 23.0 Å². The van der Waals surface area contributed by atoms with Crippen molar-refractivity contribution >= 4 is 33.0 Å². The summed E-state index contributed by atoms with van der Waals surface area (Å²) in [6.07, 6.45) is 0. The highest BCUT2D eigenvalue weighted by atomic mass is 32.2. The highest BCUT2D eigenvalue weighted by Crippen LogP contribution is 2.29. The van der Waals surface area contributed by atoms with Gasteiger partial charge >= 0.3 is 0 Å². The Kier molecular flexibility index (Phi) is 7.55. The standard InChI is InChI=1S/C28H24N2O6S/c1-19(31)29-21-3-7-23(8-4-21)35-25-11-15-27(16-12-25)37(33,34)28-17-13-26(14-18-28)36-24-9-5-22(6-10-24)30-20(2)32/h3-18H,1-2H3,(H,29,31)(H,30,32). The van der Waals surface area contributed by atoms with Crippen LogP contribution in [0.4, 0.5) is 11.4 Å². The first kappa shape index (κ1) is 25.5. The number of ether oxygens (including phenoxy) is 2. The van der Waals surface area contributed by atoms with Crippen molar-refractivity contribution in [3.8, 4) is 23.0 Å². The Morgan fingerprint density at radius 1 is 0.514 bits per heavy atom. The van der Waals surface area contributed by atoms with Crippen LogP contribution in [-0.4, -0.2) is 20.2 Å². The SMILES string of the molecule is CC(=O)Nc1ccc(Oc2ccc(S(=O)(=O)c3ccc(Oc4ccc(NC(C)=O)cc4)cc3)cc2)cc1. The molecule has 0 aromatic heterocycles. The first-order chi connectivity index (χ1) is 17.7. The number of hydrogen-bond donors (Lipinski definition) is 2. The molecule has 188 valence electrons. The summed E-state index contributed by atoms with van der Waals surface area (Å²) in [5, 5.41) is 5.35. The van der Waals surface area contributed by atoms with Gasteiger partial charge in [0, 0.05) is 25.2 Å². The molecular formula is C28H24N2O6S. The number of carbonyl (C=O) groups excluding carboxylic acids is 2. The summed E-state index contributed by atoms with van der Waals surface area (Å²) in [7, 11) is -3.74. The quantitative estimate of drug-likeness (QED) is 0.296. The minimum Gasteiger partial charge on any atom is -0.457 e. The van der Waals surface area contributed by atoms with Gasteiger partial charge < -0.3 is 20.1 Å². The Morgan fingerprint density at radius 3 is 1.05 bits per heavy atom. The summed E-state index contributed by atoms with van der Waals surface area (Å²) in [6.45, 7) is 2.86. The van der Waals surface area contributed by atoms with Crippen molar-refractivity contribution in [2.75, 3.05) is 10.6 Å². The van der Waals surface area contributed by atoms with Crippen molar-refractivity contribution in [1.82, 2.24) is 0 Å². The van der Waals surface area contributed by atoms with Gasteiger partial charge in [-0.05, 0) is 97.1 Å². The molecule has 0 atom stereocenters. The molecule has 0 aliphatic heterocycles. The number of sulfone groups is 1. The van der Waals surface area contributed by atoms with Gasteiger partial charge in [-0.25, -0.2) is 8.42 Å². The molecule has 0 saturated carbocycles. The van der Waals surface area contributed by atoms with Gasteiger partial charge in [-0.15, -0.1) is 0 Å². The van der Waals surface area contributed by atoms with E-state index in [0.717, 1.165) is 0 Å². The molecule has 4 aromatic carbocycles. The predicted molar refractivity (Wildman–Crippen MR) is 140 cm³/mol. The molecule has 0 fully saturated rings. The smallest absolute Gasteiger partial charge is 0.221 e. The van der Waals surface area contributed by atoms with Crippen LogP contribution in [0.15, 0.2) is 107 Å². The largest absolute Gasteiger partial charge is 0.457 e. The van der Waals surface area contributed by atoms with E-state index in [-0.39, 0.29) is 21.6 Å². The highest BCUT2D eigenvalue weighted by molar-refractivity contribution is 7.91. The summed E-state index contributed by atoms with van der Waals surface area (Å²) in [4.78, 5) is 22.5. The number of amides is 2. The lowest BCUT2D eigenvalue weighted by Gasteiger charge is -2.10. The lowest BCUT2D eigenvalue weighted by molar-refractivity contribution is -0.115. The van der Waals surface area contributed by atoms with Crippen molar-refractivity contribution < 1.29 is 27.5 Å². The van der Waals surface area contributed by atoms with E-state index in [1.807, 2.05) is 0 Å². The average Bonchev–Trinajstić information content (AvgIpc) is 2.86. The third kappa shape index (κ3) is 6.74. The number of anilines is 2. The van der Waals surface area contributed by atoms with E-state index < -0.39 is 9.84 Å². The second kappa shape index (κ2) is 11.0. The zero-order chi connectivity index (χ0) is 26.4. The Labute approximate surface area is 214 Å². The topological polar surface area (TPSA) is 111 Å². The molecule has 0 aliphatic carbocycles. The number of rotatable bonds is 8. The van der Waals surface area contributed by atoms with E-state index in [1.54, 1.807) is 72.8 Å². The van der Waals surface area contributed by atoms with Crippen molar-refractivity contribution in [3.63, 3.8) is 0 Å². The van der Waals surface area contributed by atoms with Gasteiger partial charge in [-0.1, -0.05) is 0 Å². The van der Waals surface area contributed by atoms with Crippen LogP contribution in [0.25, 0.3) is 0 Å². The molecule has 9 heteroatoms. The van der Waals surface area contributed by atoms with Crippen molar-refractivity contribution in [2.24, 2.45) is 0 Å². The first-order valence-electron chi connectivity index (χ1n) is 11.3. The third-order valence-corrected chi connectivity index (χ3v) is 6.87. The summed E-state index contributed by atoms with van der Waals surface area (Å²) in [5.74, 6) is 1.71. The zero-order valence-electron chi connectivity index (χ0n) is 20.1. The summed E-state index contributed by atoms with van der Waals surface area (Å²) in [6, 6.07) is 25.9. The molecule has 0 heterocycles. The molecule has 37 heavy (non-hydrogen) atoms. The minimum absolute atomic E-state index is 0.128. The van der Waals surface area contributed by atoms with Crippen molar-refractivity contribution in [1.29, 1.82) is 0 Å². The number of hydrogen-bond acceptors (Lipinski definition) is 6. The lowest BCUT2D eigenvalue weighted by Crippen LogP contribution is -2.05. The maximum absolute atomic E-state index is 13.1. The second-order valence-corrected chi connectivity index (χ2v) is 10.0. The molecule has 8 nitrogen and oxygen atoms in total. The first-order valence-corrected chi connectivity index (χ1v) is 12.7. The fraction of sp³-hybridized carbons (Fsp3) is 0.0714. The van der Waals surface area contributed by atoms with Crippen LogP contribution in [-0.2, 0) is 19.4 Å². The maximum atomic E-state index is 13.1. The molecule has 2 amide bonds. The third-order valence-electron chi connectivity index (χ3n) is 5.09. The zero-order valence-corrected chi connectivity index (χ0v) is 20.9. The summed E-state index contributed by atoms with van der Waals surface area (Å²) < 4.78 is 37.7. The second-order valence-electron chi connectivity index (χ2n) is 8.06. The monoisotopic (exact) mass is 516 g/mol. The van der Waals surface area contributed by atoms with E-state index in [0.29, 0.717) is 34.4 Å². The van der Waals surface area contributed by atoms with Crippen LogP contribution in [0.5, 0.6) is 23.0 Å². The van der Waals surface area contributed by atoms with E-state index in [1.165, 1.54) is 38.1 Å². The van der Waals surface area contributed by atoms with E-state index in [4.69, 9.17) is 9.47 Å². The van der Waals surface area contributed by atoms with Crippen LogP contribution in [0, 0.1) is 0 Å². The maximum Gasteiger partial charge on any atom is 0.221 e. The average molecular weight is 517 g/mol. The van der Waals surface area contributed by atoms with Crippen molar-refractivity contribution in [2.45, 2.75) is 23.6 Å². The van der Waals surface area contributed by atoms with Crippen LogP contribution in [0.3, 0.4) is 0 Å². The van der Waals surface area contributed by atoms with Crippen LogP contribution in [0.1, 0.15) is 13.8 Å². The van der Waals surface area contributed by atoms with Gasteiger partial charge in [-0.3, -0.25) is 9.59 Å². The Hall–Kier alpha value is -4.63. The van der Waals surface area contributed by atoms with Crippen LogP contribution < -0.4 is 20.1 Å². The number of nitrogens with one attached hydrogen (secondary N) is 2. The number of benzene rings is 4. The Morgan fingerprint density at radius 2 is 0.784 bits per heavy atom. The lowest BCUT2D eigenvalue weighted by atomic mass is 10.3. The molecule has 4 aromatic rings.